The van der Waals surface area contributed by atoms with E-state index in [1.807, 2.05) is 34.7 Å². The number of hydrogen-bond donors (Lipinski definition) is 2. The van der Waals surface area contributed by atoms with Crippen LogP contribution < -0.4 is 10.6 Å². The lowest BCUT2D eigenvalue weighted by Crippen LogP contribution is -2.32. The van der Waals surface area contributed by atoms with Gasteiger partial charge in [0.1, 0.15) is 0 Å². The Balaban J connectivity index is -0.000000375. The second kappa shape index (κ2) is 23.7. The molecular weight excluding hydrogens is 284 g/mol. The van der Waals surface area contributed by atoms with Gasteiger partial charge >= 0.3 is 0 Å². The van der Waals surface area contributed by atoms with E-state index in [0.717, 1.165) is 25.8 Å². The number of nitrogens with one attached hydrogen (secondary N) is 2. The predicted molar refractivity (Wildman–Crippen MR) is 106 cm³/mol. The molecule has 1 rings (SSSR count). The van der Waals surface area contributed by atoms with Crippen molar-refractivity contribution in [3.8, 4) is 0 Å². The van der Waals surface area contributed by atoms with Crippen molar-refractivity contribution in [3.05, 3.63) is 0 Å². The Morgan fingerprint density at radius 1 is 1.00 bits per heavy atom. The first-order valence-corrected chi connectivity index (χ1v) is 10.1. The maximum absolute atomic E-state index is 11.7. The Morgan fingerprint density at radius 3 is 1.87 bits per heavy atom. The van der Waals surface area contributed by atoms with Crippen molar-refractivity contribution in [2.24, 2.45) is 5.92 Å². The van der Waals surface area contributed by atoms with E-state index in [1.165, 1.54) is 32.1 Å². The standard InChI is InChI=1S/C12H23NO.C4H11N.2C2H6/c1-2-3-7-10-13-12(14)11-8-5-4-6-9-11;1-4(2)5-3;2*1-2/h11H,2-10H2,1H3,(H,13,14);4-5H,1-3H3;2*1-2H3. The molecule has 0 radical (unpaired) electrons. The Kier molecular flexibility index (Phi) is 28.1. The van der Waals surface area contributed by atoms with Crippen LogP contribution in [-0.2, 0) is 4.79 Å². The molecule has 2 N–H and O–H groups in total. The summed E-state index contributed by atoms with van der Waals surface area (Å²) in [6, 6.07) is 0.634. The molecule has 1 saturated carbocycles. The quantitative estimate of drug-likeness (QED) is 0.628. The number of unbranched alkanes of at least 4 members (excludes halogenated alkanes) is 2. The summed E-state index contributed by atoms with van der Waals surface area (Å²) in [6.07, 6.45) is 9.61. The van der Waals surface area contributed by atoms with E-state index in [-0.39, 0.29) is 0 Å². The predicted octanol–water partition coefficient (Wildman–Crippen LogP) is 5.54. The molecule has 1 amide bonds. The third-order valence-electron chi connectivity index (χ3n) is 3.63. The minimum Gasteiger partial charge on any atom is -0.356 e. The largest absolute Gasteiger partial charge is 0.356 e. The van der Waals surface area contributed by atoms with Crippen LogP contribution in [0, 0.1) is 5.92 Å². The zero-order chi connectivity index (χ0) is 18.5. The molecule has 3 heteroatoms. The maximum Gasteiger partial charge on any atom is 0.223 e. The fourth-order valence-electron chi connectivity index (χ4n) is 2.10. The summed E-state index contributed by atoms with van der Waals surface area (Å²) < 4.78 is 0. The summed E-state index contributed by atoms with van der Waals surface area (Å²) >= 11 is 0. The molecule has 1 fully saturated rings. The van der Waals surface area contributed by atoms with Crippen molar-refractivity contribution in [1.29, 1.82) is 0 Å². The first-order chi connectivity index (χ1) is 11.1. The summed E-state index contributed by atoms with van der Waals surface area (Å²) in [5.74, 6) is 0.631. The number of hydrogen-bond acceptors (Lipinski definition) is 2. The monoisotopic (exact) mass is 330 g/mol. The first-order valence-electron chi connectivity index (χ1n) is 10.1. The van der Waals surface area contributed by atoms with Gasteiger partial charge < -0.3 is 10.6 Å². The van der Waals surface area contributed by atoms with Gasteiger partial charge in [-0.15, -0.1) is 0 Å². The van der Waals surface area contributed by atoms with E-state index in [1.54, 1.807) is 0 Å². The Labute approximate surface area is 147 Å². The van der Waals surface area contributed by atoms with Crippen LogP contribution in [0.1, 0.15) is 99.8 Å². The zero-order valence-electron chi connectivity index (χ0n) is 17.4. The molecule has 0 unspecified atom stereocenters. The van der Waals surface area contributed by atoms with Crippen molar-refractivity contribution in [2.75, 3.05) is 13.6 Å². The topological polar surface area (TPSA) is 41.1 Å². The van der Waals surface area contributed by atoms with Crippen LogP contribution in [-0.4, -0.2) is 25.5 Å². The lowest BCUT2D eigenvalue weighted by molar-refractivity contribution is -0.125. The summed E-state index contributed by atoms with van der Waals surface area (Å²) in [7, 11) is 1.95. The van der Waals surface area contributed by atoms with E-state index in [0.29, 0.717) is 17.9 Å². The molecule has 0 aromatic rings. The van der Waals surface area contributed by atoms with Gasteiger partial charge in [-0.3, -0.25) is 4.79 Å². The van der Waals surface area contributed by atoms with E-state index in [4.69, 9.17) is 0 Å². The van der Waals surface area contributed by atoms with Crippen LogP contribution in [0.4, 0.5) is 0 Å². The highest BCUT2D eigenvalue weighted by atomic mass is 16.1. The van der Waals surface area contributed by atoms with Gasteiger partial charge in [0.05, 0.1) is 0 Å². The number of carbonyl (C=O) groups excluding carboxylic acids is 1. The fraction of sp³-hybridized carbons (Fsp3) is 0.950. The van der Waals surface area contributed by atoms with Gasteiger partial charge in [0.25, 0.3) is 0 Å². The molecule has 0 aliphatic heterocycles. The van der Waals surface area contributed by atoms with Crippen molar-refractivity contribution in [3.63, 3.8) is 0 Å². The van der Waals surface area contributed by atoms with E-state index in [9.17, 15) is 4.79 Å². The summed E-state index contributed by atoms with van der Waals surface area (Å²) in [6.45, 7) is 15.3. The third kappa shape index (κ3) is 21.4. The molecule has 23 heavy (non-hydrogen) atoms. The van der Waals surface area contributed by atoms with Crippen molar-refractivity contribution in [1.82, 2.24) is 10.6 Å². The number of rotatable bonds is 6. The molecule has 0 saturated heterocycles. The fourth-order valence-corrected chi connectivity index (χ4v) is 2.10. The molecule has 0 atom stereocenters. The Morgan fingerprint density at radius 2 is 1.48 bits per heavy atom. The Hall–Kier alpha value is -0.570. The molecule has 0 bridgehead atoms. The third-order valence-corrected chi connectivity index (χ3v) is 3.63. The van der Waals surface area contributed by atoms with Gasteiger partial charge in [-0.05, 0) is 26.3 Å². The van der Waals surface area contributed by atoms with Crippen LogP contribution in [0.3, 0.4) is 0 Å². The highest BCUT2D eigenvalue weighted by Crippen LogP contribution is 2.23. The average Bonchev–Trinajstić information content (AvgIpc) is 2.63. The van der Waals surface area contributed by atoms with Gasteiger partial charge in [-0.2, -0.15) is 0 Å². The minimum atomic E-state index is 0.306. The van der Waals surface area contributed by atoms with Gasteiger partial charge in [0.2, 0.25) is 5.91 Å². The maximum atomic E-state index is 11.7. The molecule has 3 nitrogen and oxygen atoms in total. The van der Waals surface area contributed by atoms with E-state index < -0.39 is 0 Å². The van der Waals surface area contributed by atoms with Crippen molar-refractivity contribution >= 4 is 5.91 Å². The summed E-state index contributed by atoms with van der Waals surface area (Å²) in [4.78, 5) is 11.7. The van der Waals surface area contributed by atoms with Crippen LogP contribution in [0.15, 0.2) is 0 Å². The minimum absolute atomic E-state index is 0.306. The molecule has 0 heterocycles. The lowest BCUT2D eigenvalue weighted by atomic mass is 9.89. The first kappa shape index (κ1) is 27.3. The van der Waals surface area contributed by atoms with Crippen LogP contribution in [0.25, 0.3) is 0 Å². The second-order valence-electron chi connectivity index (χ2n) is 5.78. The smallest absolute Gasteiger partial charge is 0.223 e. The molecule has 1 aliphatic rings. The molecule has 1 aliphatic carbocycles. The Bertz CT molecular complexity index is 212. The van der Waals surface area contributed by atoms with Crippen molar-refractivity contribution < 1.29 is 4.79 Å². The van der Waals surface area contributed by atoms with Crippen LogP contribution in [0.5, 0.6) is 0 Å². The van der Waals surface area contributed by atoms with E-state index >= 15 is 0 Å². The highest BCUT2D eigenvalue weighted by Gasteiger charge is 2.20. The summed E-state index contributed by atoms with van der Waals surface area (Å²) in [5, 5.41) is 6.08. The number of carbonyl (C=O) groups is 1. The van der Waals surface area contributed by atoms with E-state index in [2.05, 4.69) is 31.4 Å². The lowest BCUT2D eigenvalue weighted by Gasteiger charge is -2.20. The molecule has 142 valence electrons. The normalized spacial score (nSPS) is 13.6. The van der Waals surface area contributed by atoms with Crippen LogP contribution in [0.2, 0.25) is 0 Å². The molecule has 0 aromatic heterocycles. The van der Waals surface area contributed by atoms with Gasteiger partial charge in [-0.25, -0.2) is 0 Å². The van der Waals surface area contributed by atoms with Crippen molar-refractivity contribution in [2.45, 2.75) is 106 Å². The average molecular weight is 331 g/mol. The van der Waals surface area contributed by atoms with Gasteiger partial charge in [0, 0.05) is 18.5 Å². The molecule has 0 aromatic carbocycles. The van der Waals surface area contributed by atoms with Crippen LogP contribution >= 0.6 is 0 Å². The number of amides is 1. The molecular formula is C20H46N2O. The molecule has 0 spiro atoms. The van der Waals surface area contributed by atoms with Gasteiger partial charge in [-0.1, -0.05) is 80.6 Å². The zero-order valence-corrected chi connectivity index (χ0v) is 17.4. The van der Waals surface area contributed by atoms with Gasteiger partial charge in [0.15, 0.2) is 0 Å². The summed E-state index contributed by atoms with van der Waals surface area (Å²) in [5.41, 5.74) is 0. The second-order valence-corrected chi connectivity index (χ2v) is 5.78. The highest BCUT2D eigenvalue weighted by molar-refractivity contribution is 5.78. The SMILES string of the molecule is CC.CC.CCCCCNC(=O)C1CCCCC1.CNC(C)C.